The van der Waals surface area contributed by atoms with Gasteiger partial charge in [0.25, 0.3) is 5.91 Å². The van der Waals surface area contributed by atoms with Crippen molar-refractivity contribution in [2.75, 3.05) is 20.3 Å². The van der Waals surface area contributed by atoms with E-state index < -0.39 is 5.92 Å². The summed E-state index contributed by atoms with van der Waals surface area (Å²) in [6.45, 7) is 6.23. The molecule has 1 amide bonds. The van der Waals surface area contributed by atoms with E-state index in [0.29, 0.717) is 12.3 Å². The Morgan fingerprint density at radius 1 is 1.15 bits per heavy atom. The van der Waals surface area contributed by atoms with E-state index in [1.54, 1.807) is 24.2 Å². The van der Waals surface area contributed by atoms with Crippen molar-refractivity contribution in [2.45, 2.75) is 27.3 Å². The SMILES string of the molecule is COC(=O)C(C)CN(Cc1ccncc1)C(=O)COc1cccc(C)c1C. The van der Waals surface area contributed by atoms with Crippen molar-refractivity contribution in [3.63, 3.8) is 0 Å². The van der Waals surface area contributed by atoms with E-state index in [2.05, 4.69) is 4.98 Å². The molecule has 0 radical (unpaired) electrons. The molecule has 0 aliphatic carbocycles. The summed E-state index contributed by atoms with van der Waals surface area (Å²) in [6.07, 6.45) is 3.35. The Balaban J connectivity index is 2.09. The van der Waals surface area contributed by atoms with Crippen LogP contribution in [-0.4, -0.2) is 42.0 Å². The van der Waals surface area contributed by atoms with Gasteiger partial charge in [-0.3, -0.25) is 14.6 Å². The molecule has 2 aromatic rings. The van der Waals surface area contributed by atoms with Crippen LogP contribution in [0, 0.1) is 19.8 Å². The zero-order chi connectivity index (χ0) is 19.8. The van der Waals surface area contributed by atoms with E-state index in [1.807, 2.05) is 44.2 Å². The number of hydrogen-bond donors (Lipinski definition) is 0. The summed E-state index contributed by atoms with van der Waals surface area (Å²) in [5, 5.41) is 0. The Morgan fingerprint density at radius 2 is 1.85 bits per heavy atom. The van der Waals surface area contributed by atoms with Crippen molar-refractivity contribution < 1.29 is 19.1 Å². The molecule has 0 bridgehead atoms. The van der Waals surface area contributed by atoms with E-state index in [1.165, 1.54) is 7.11 Å². The third kappa shape index (κ3) is 5.81. The second kappa shape index (κ2) is 9.71. The Labute approximate surface area is 160 Å². The highest BCUT2D eigenvalue weighted by molar-refractivity contribution is 5.79. The normalized spacial score (nSPS) is 11.6. The summed E-state index contributed by atoms with van der Waals surface area (Å²) in [5.41, 5.74) is 3.05. The lowest BCUT2D eigenvalue weighted by Crippen LogP contribution is -2.39. The number of carbonyl (C=O) groups excluding carboxylic acids is 2. The maximum Gasteiger partial charge on any atom is 0.310 e. The van der Waals surface area contributed by atoms with Gasteiger partial charge in [0.15, 0.2) is 6.61 Å². The maximum atomic E-state index is 12.8. The van der Waals surface area contributed by atoms with Crippen molar-refractivity contribution in [1.82, 2.24) is 9.88 Å². The Kier molecular flexibility index (Phi) is 7.34. The number of nitrogens with zero attached hydrogens (tertiary/aromatic N) is 2. The first-order valence-electron chi connectivity index (χ1n) is 8.86. The average molecular weight is 370 g/mol. The molecular formula is C21H26N2O4. The van der Waals surface area contributed by atoms with Gasteiger partial charge in [-0.25, -0.2) is 0 Å². The van der Waals surface area contributed by atoms with E-state index >= 15 is 0 Å². The Hall–Kier alpha value is -2.89. The van der Waals surface area contributed by atoms with Crippen molar-refractivity contribution in [1.29, 1.82) is 0 Å². The number of rotatable bonds is 8. The van der Waals surface area contributed by atoms with Crippen molar-refractivity contribution in [3.8, 4) is 5.75 Å². The summed E-state index contributed by atoms with van der Waals surface area (Å²) in [4.78, 5) is 30.2. The molecule has 1 aromatic carbocycles. The van der Waals surface area contributed by atoms with Gasteiger partial charge in [0.1, 0.15) is 5.75 Å². The number of ether oxygens (including phenoxy) is 2. The summed E-state index contributed by atoms with van der Waals surface area (Å²) in [6, 6.07) is 9.43. The number of hydrogen-bond acceptors (Lipinski definition) is 5. The number of aryl methyl sites for hydroxylation is 1. The number of aromatic nitrogens is 1. The zero-order valence-electron chi connectivity index (χ0n) is 16.3. The standard InChI is InChI=1S/C21H26N2O4/c1-15-6-5-7-19(17(15)3)27-14-20(24)23(12-16(2)21(25)26-4)13-18-8-10-22-11-9-18/h5-11,16H,12-14H2,1-4H3. The predicted molar refractivity (Wildman–Crippen MR) is 102 cm³/mol. The molecule has 6 heteroatoms. The molecule has 6 nitrogen and oxygen atoms in total. The van der Waals surface area contributed by atoms with Crippen LogP contribution < -0.4 is 4.74 Å². The van der Waals surface area contributed by atoms with Crippen LogP contribution in [0.4, 0.5) is 0 Å². The van der Waals surface area contributed by atoms with E-state index in [-0.39, 0.29) is 25.0 Å². The molecule has 1 atom stereocenters. The fraction of sp³-hybridized carbons (Fsp3) is 0.381. The van der Waals surface area contributed by atoms with Crippen molar-refractivity contribution in [3.05, 3.63) is 59.4 Å². The second-order valence-corrected chi connectivity index (χ2v) is 6.54. The largest absolute Gasteiger partial charge is 0.483 e. The van der Waals surface area contributed by atoms with Crippen molar-refractivity contribution in [2.24, 2.45) is 5.92 Å². The average Bonchev–Trinajstić information content (AvgIpc) is 2.68. The first-order valence-corrected chi connectivity index (χ1v) is 8.86. The number of esters is 1. The molecule has 0 spiro atoms. The van der Waals surface area contributed by atoms with Crippen LogP contribution in [0.25, 0.3) is 0 Å². The topological polar surface area (TPSA) is 68.7 Å². The van der Waals surface area contributed by atoms with Gasteiger partial charge in [0.2, 0.25) is 0 Å². The van der Waals surface area contributed by atoms with Gasteiger partial charge >= 0.3 is 5.97 Å². The summed E-state index contributed by atoms with van der Waals surface area (Å²) < 4.78 is 10.5. The highest BCUT2D eigenvalue weighted by Gasteiger charge is 2.22. The molecule has 0 saturated carbocycles. The van der Waals surface area contributed by atoms with Gasteiger partial charge in [0, 0.05) is 25.5 Å². The predicted octanol–water partition coefficient (Wildman–Crippen LogP) is 2.92. The first-order chi connectivity index (χ1) is 12.9. The lowest BCUT2D eigenvalue weighted by atomic mass is 10.1. The minimum absolute atomic E-state index is 0.0940. The monoisotopic (exact) mass is 370 g/mol. The fourth-order valence-electron chi connectivity index (χ4n) is 2.68. The molecule has 1 unspecified atom stereocenters. The minimum Gasteiger partial charge on any atom is -0.483 e. The van der Waals surface area contributed by atoms with Crippen LogP contribution in [0.15, 0.2) is 42.7 Å². The second-order valence-electron chi connectivity index (χ2n) is 6.54. The van der Waals surface area contributed by atoms with Crippen LogP contribution in [-0.2, 0) is 20.9 Å². The van der Waals surface area contributed by atoms with Crippen LogP contribution >= 0.6 is 0 Å². The smallest absolute Gasteiger partial charge is 0.310 e. The van der Waals surface area contributed by atoms with Crippen molar-refractivity contribution >= 4 is 11.9 Å². The quantitative estimate of drug-likeness (QED) is 0.668. The molecule has 27 heavy (non-hydrogen) atoms. The summed E-state index contributed by atoms with van der Waals surface area (Å²) in [5.74, 6) is -0.281. The van der Waals surface area contributed by atoms with Gasteiger partial charge < -0.3 is 14.4 Å². The lowest BCUT2D eigenvalue weighted by molar-refractivity contribution is -0.147. The molecule has 0 aliphatic rings. The molecule has 0 saturated heterocycles. The van der Waals surface area contributed by atoms with Gasteiger partial charge in [-0.1, -0.05) is 19.1 Å². The molecule has 0 N–H and O–H groups in total. The zero-order valence-corrected chi connectivity index (χ0v) is 16.3. The highest BCUT2D eigenvalue weighted by atomic mass is 16.5. The molecule has 144 valence electrons. The number of pyridine rings is 1. The van der Waals surface area contributed by atoms with E-state index in [9.17, 15) is 9.59 Å². The Bertz CT molecular complexity index is 777. The lowest BCUT2D eigenvalue weighted by Gasteiger charge is -2.25. The molecule has 2 rings (SSSR count). The fourth-order valence-corrected chi connectivity index (χ4v) is 2.68. The summed E-state index contributed by atoms with van der Waals surface area (Å²) >= 11 is 0. The highest BCUT2D eigenvalue weighted by Crippen LogP contribution is 2.20. The first kappa shape index (κ1) is 20.4. The van der Waals surface area contributed by atoms with Crippen LogP contribution in [0.2, 0.25) is 0 Å². The molecular weight excluding hydrogens is 344 g/mol. The summed E-state index contributed by atoms with van der Waals surface area (Å²) in [7, 11) is 1.34. The number of carbonyl (C=O) groups is 2. The van der Waals surface area contributed by atoms with E-state index in [0.717, 1.165) is 16.7 Å². The number of benzene rings is 1. The van der Waals surface area contributed by atoms with Gasteiger partial charge in [-0.15, -0.1) is 0 Å². The third-order valence-corrected chi connectivity index (χ3v) is 4.48. The number of amides is 1. The molecule has 0 fully saturated rings. The van der Waals surface area contributed by atoms with Crippen LogP contribution in [0.1, 0.15) is 23.6 Å². The van der Waals surface area contributed by atoms with Gasteiger partial charge in [-0.2, -0.15) is 0 Å². The molecule has 1 heterocycles. The number of methoxy groups -OCH3 is 1. The van der Waals surface area contributed by atoms with Crippen LogP contribution in [0.3, 0.4) is 0 Å². The van der Waals surface area contributed by atoms with Gasteiger partial charge in [0.05, 0.1) is 13.0 Å². The maximum absolute atomic E-state index is 12.8. The Morgan fingerprint density at radius 3 is 2.52 bits per heavy atom. The van der Waals surface area contributed by atoms with Gasteiger partial charge in [-0.05, 0) is 48.7 Å². The van der Waals surface area contributed by atoms with Crippen LogP contribution in [0.5, 0.6) is 5.75 Å². The van der Waals surface area contributed by atoms with E-state index in [4.69, 9.17) is 9.47 Å². The molecule has 0 aliphatic heterocycles. The molecule has 1 aromatic heterocycles. The third-order valence-electron chi connectivity index (χ3n) is 4.48. The minimum atomic E-state index is -0.429.